The van der Waals surface area contributed by atoms with E-state index in [4.69, 9.17) is 0 Å². The highest BCUT2D eigenvalue weighted by Gasteiger charge is 2.27. The van der Waals surface area contributed by atoms with Gasteiger partial charge in [0.1, 0.15) is 17.3 Å². The molecule has 2 heterocycles. The van der Waals surface area contributed by atoms with Gasteiger partial charge in [-0.1, -0.05) is 30.3 Å². The molecule has 0 bridgehead atoms. The van der Waals surface area contributed by atoms with Crippen molar-refractivity contribution < 1.29 is 18.4 Å². The molecule has 29 heavy (non-hydrogen) atoms. The van der Waals surface area contributed by atoms with Crippen LogP contribution in [0.1, 0.15) is 32.1 Å². The van der Waals surface area contributed by atoms with Gasteiger partial charge in [-0.2, -0.15) is 5.10 Å². The third-order valence-electron chi connectivity index (χ3n) is 4.75. The molecule has 2 aromatic carbocycles. The zero-order chi connectivity index (χ0) is 20.4. The molecule has 6 nitrogen and oxygen atoms in total. The first kappa shape index (κ1) is 18.8. The number of nitrogens with one attached hydrogen (secondary N) is 2. The predicted octanol–water partition coefficient (Wildman–Crippen LogP) is 2.45. The first-order valence-corrected chi connectivity index (χ1v) is 9.14. The maximum atomic E-state index is 13.7. The molecule has 8 heteroatoms. The van der Waals surface area contributed by atoms with Crippen LogP contribution < -0.4 is 10.6 Å². The van der Waals surface area contributed by atoms with Crippen LogP contribution in [0.3, 0.4) is 0 Å². The van der Waals surface area contributed by atoms with Crippen molar-refractivity contribution in [3.8, 4) is 0 Å². The van der Waals surface area contributed by atoms with Crippen molar-refractivity contribution in [2.75, 3.05) is 0 Å². The molecule has 2 N–H and O–H groups in total. The van der Waals surface area contributed by atoms with Gasteiger partial charge in [-0.25, -0.2) is 8.78 Å². The average molecular weight is 396 g/mol. The van der Waals surface area contributed by atoms with Crippen LogP contribution in [0.5, 0.6) is 0 Å². The molecule has 1 atom stereocenters. The van der Waals surface area contributed by atoms with Crippen molar-refractivity contribution in [2.24, 2.45) is 0 Å². The van der Waals surface area contributed by atoms with E-state index >= 15 is 0 Å². The molecule has 4 rings (SSSR count). The number of hydrogen-bond donors (Lipinski definition) is 2. The Morgan fingerprint density at radius 1 is 1.07 bits per heavy atom. The third kappa shape index (κ3) is 4.16. The second kappa shape index (κ2) is 7.83. The number of fused-ring (bicyclic) bond motifs is 1. The minimum atomic E-state index is -0.781. The van der Waals surface area contributed by atoms with Crippen LogP contribution in [0.4, 0.5) is 8.78 Å². The molecular formula is C21H18F2N4O2. The van der Waals surface area contributed by atoms with Crippen LogP contribution in [0.15, 0.2) is 54.6 Å². The number of hydrogen-bond acceptors (Lipinski definition) is 3. The Labute approximate surface area is 165 Å². The van der Waals surface area contributed by atoms with E-state index in [1.807, 2.05) is 30.3 Å². The minimum absolute atomic E-state index is 0.279. The third-order valence-corrected chi connectivity index (χ3v) is 4.75. The summed E-state index contributed by atoms with van der Waals surface area (Å²) in [6.07, 6.45) is 0.446. The first-order chi connectivity index (χ1) is 14.0. The van der Waals surface area contributed by atoms with Crippen molar-refractivity contribution in [1.29, 1.82) is 0 Å². The van der Waals surface area contributed by atoms with Crippen LogP contribution in [-0.4, -0.2) is 27.6 Å². The monoisotopic (exact) mass is 396 g/mol. The summed E-state index contributed by atoms with van der Waals surface area (Å²) in [7, 11) is 0. The van der Waals surface area contributed by atoms with Crippen LogP contribution in [0, 0.1) is 11.6 Å². The quantitative estimate of drug-likeness (QED) is 0.696. The predicted molar refractivity (Wildman–Crippen MR) is 101 cm³/mol. The van der Waals surface area contributed by atoms with E-state index < -0.39 is 17.5 Å². The number of rotatable bonds is 5. The number of carbonyl (C=O) groups is 2. The molecule has 1 aliphatic heterocycles. The number of benzene rings is 2. The van der Waals surface area contributed by atoms with E-state index in [1.165, 1.54) is 0 Å². The molecule has 1 aliphatic rings. The summed E-state index contributed by atoms with van der Waals surface area (Å²) >= 11 is 0. The van der Waals surface area contributed by atoms with Gasteiger partial charge in [0.05, 0.1) is 18.2 Å². The summed E-state index contributed by atoms with van der Waals surface area (Å²) in [6.45, 7) is 0.754. The molecule has 2 amide bonds. The van der Waals surface area contributed by atoms with Gasteiger partial charge >= 0.3 is 0 Å². The molecule has 0 fully saturated rings. The lowest BCUT2D eigenvalue weighted by molar-refractivity contribution is 0.0924. The van der Waals surface area contributed by atoms with Crippen LogP contribution >= 0.6 is 0 Å². The van der Waals surface area contributed by atoms with Gasteiger partial charge in [0.25, 0.3) is 11.8 Å². The summed E-state index contributed by atoms with van der Waals surface area (Å²) in [5.41, 5.74) is 1.74. The smallest absolute Gasteiger partial charge is 0.272 e. The topological polar surface area (TPSA) is 76.0 Å². The minimum Gasteiger partial charge on any atom is -0.347 e. The van der Waals surface area contributed by atoms with Crippen LogP contribution in [0.2, 0.25) is 0 Å². The van der Waals surface area contributed by atoms with E-state index in [1.54, 1.807) is 10.7 Å². The fraction of sp³-hybridized carbons (Fsp3) is 0.190. The fourth-order valence-corrected chi connectivity index (χ4v) is 3.31. The largest absolute Gasteiger partial charge is 0.347 e. The normalized spacial score (nSPS) is 15.0. The van der Waals surface area contributed by atoms with Gasteiger partial charge < -0.3 is 10.6 Å². The van der Waals surface area contributed by atoms with Crippen LogP contribution in [-0.2, 0) is 19.5 Å². The summed E-state index contributed by atoms with van der Waals surface area (Å²) < 4.78 is 28.7. The highest BCUT2D eigenvalue weighted by atomic mass is 19.1. The zero-order valence-corrected chi connectivity index (χ0v) is 15.4. The zero-order valence-electron chi connectivity index (χ0n) is 15.4. The summed E-state index contributed by atoms with van der Waals surface area (Å²) in [5, 5.41) is 9.79. The fourth-order valence-electron chi connectivity index (χ4n) is 3.31. The van der Waals surface area contributed by atoms with E-state index in [0.717, 1.165) is 29.5 Å². The highest BCUT2D eigenvalue weighted by Crippen LogP contribution is 2.17. The summed E-state index contributed by atoms with van der Waals surface area (Å²) in [6, 6.07) is 13.7. The van der Waals surface area contributed by atoms with E-state index in [2.05, 4.69) is 15.7 Å². The van der Waals surface area contributed by atoms with Gasteiger partial charge in [-0.3, -0.25) is 14.3 Å². The Balaban J connectivity index is 1.35. The molecule has 0 spiro atoms. The van der Waals surface area contributed by atoms with Crippen molar-refractivity contribution in [1.82, 2.24) is 20.4 Å². The molecule has 148 valence electrons. The molecule has 0 radical (unpaired) electrons. The Morgan fingerprint density at radius 3 is 2.62 bits per heavy atom. The molecule has 0 saturated carbocycles. The molecule has 1 aromatic heterocycles. The van der Waals surface area contributed by atoms with Gasteiger partial charge in [0.15, 0.2) is 0 Å². The highest BCUT2D eigenvalue weighted by molar-refractivity contribution is 5.95. The van der Waals surface area contributed by atoms with Crippen LogP contribution in [0.25, 0.3) is 0 Å². The number of halogens is 2. The maximum absolute atomic E-state index is 13.7. The standard InChI is InChI=1S/C21H18F2N4O2/c22-14-6-7-18(23)17(8-14)20(28)25-15-9-16-10-19(26-27(16)12-15)21(29)24-11-13-4-2-1-3-5-13/h1-8,10,15H,9,11-12H2,(H,24,29)(H,25,28). The van der Waals surface area contributed by atoms with E-state index in [0.29, 0.717) is 25.2 Å². The van der Waals surface area contributed by atoms with Crippen molar-refractivity contribution in [2.45, 2.75) is 25.6 Å². The second-order valence-corrected chi connectivity index (χ2v) is 6.87. The van der Waals surface area contributed by atoms with Gasteiger partial charge in [0.2, 0.25) is 0 Å². The van der Waals surface area contributed by atoms with Crippen molar-refractivity contribution in [3.05, 3.63) is 88.7 Å². The van der Waals surface area contributed by atoms with Gasteiger partial charge in [0, 0.05) is 18.7 Å². The Morgan fingerprint density at radius 2 is 1.86 bits per heavy atom. The lowest BCUT2D eigenvalue weighted by Crippen LogP contribution is -2.36. The molecular weight excluding hydrogens is 378 g/mol. The Hall–Kier alpha value is -3.55. The lowest BCUT2D eigenvalue weighted by atomic mass is 10.1. The van der Waals surface area contributed by atoms with Crippen molar-refractivity contribution >= 4 is 11.8 Å². The number of carbonyl (C=O) groups excluding carboxylic acids is 2. The number of nitrogens with zero attached hydrogens (tertiary/aromatic N) is 2. The van der Waals surface area contributed by atoms with E-state index in [9.17, 15) is 18.4 Å². The van der Waals surface area contributed by atoms with E-state index in [-0.39, 0.29) is 17.5 Å². The SMILES string of the molecule is O=C(NCc1ccccc1)c1cc2n(n1)CC(NC(=O)c1cc(F)ccc1F)C2. The first-order valence-electron chi connectivity index (χ1n) is 9.14. The summed E-state index contributed by atoms with van der Waals surface area (Å²) in [4.78, 5) is 24.5. The molecule has 0 aliphatic carbocycles. The van der Waals surface area contributed by atoms with Gasteiger partial charge in [-0.05, 0) is 29.8 Å². The maximum Gasteiger partial charge on any atom is 0.272 e. The number of amides is 2. The average Bonchev–Trinajstić information content (AvgIpc) is 3.27. The Bertz CT molecular complexity index is 1040. The molecule has 0 saturated heterocycles. The Kier molecular flexibility index (Phi) is 5.07. The lowest BCUT2D eigenvalue weighted by Gasteiger charge is -2.12. The summed E-state index contributed by atoms with van der Waals surface area (Å²) in [5.74, 6) is -2.42. The second-order valence-electron chi connectivity index (χ2n) is 6.87. The molecule has 1 unspecified atom stereocenters. The number of aromatic nitrogens is 2. The van der Waals surface area contributed by atoms with Gasteiger partial charge in [-0.15, -0.1) is 0 Å². The van der Waals surface area contributed by atoms with Crippen molar-refractivity contribution in [3.63, 3.8) is 0 Å². The molecule has 3 aromatic rings.